The first-order valence-corrected chi connectivity index (χ1v) is 9.96. The van der Waals surface area contributed by atoms with Crippen LogP contribution in [-0.2, 0) is 16.4 Å². The Hall–Kier alpha value is -2.60. The number of anilines is 1. The van der Waals surface area contributed by atoms with Crippen LogP contribution < -0.4 is 4.72 Å². The Labute approximate surface area is 154 Å². The lowest BCUT2D eigenvalue weighted by molar-refractivity contribution is 0.427. The molecule has 0 fully saturated rings. The second-order valence-corrected chi connectivity index (χ2v) is 8.01. The van der Waals surface area contributed by atoms with Crippen molar-refractivity contribution in [2.24, 2.45) is 0 Å². The first kappa shape index (κ1) is 18.2. The monoisotopic (exact) mass is 370 g/mol. The number of hydrogen-bond acceptors (Lipinski definition) is 4. The molecule has 0 unspecified atom stereocenters. The lowest BCUT2D eigenvalue weighted by Crippen LogP contribution is -2.16. The number of nitrogens with one attached hydrogen (secondary N) is 1. The van der Waals surface area contributed by atoms with E-state index in [1.165, 1.54) is 0 Å². The summed E-state index contributed by atoms with van der Waals surface area (Å²) >= 11 is 0. The van der Waals surface area contributed by atoms with Gasteiger partial charge in [-0.15, -0.1) is 0 Å². The minimum Gasteiger partial charge on any atom is -0.356 e. The summed E-state index contributed by atoms with van der Waals surface area (Å²) in [7, 11) is -3.73. The van der Waals surface area contributed by atoms with Gasteiger partial charge < -0.3 is 4.52 Å². The van der Waals surface area contributed by atoms with E-state index in [0.717, 1.165) is 22.4 Å². The largest absolute Gasteiger partial charge is 0.356 e. The van der Waals surface area contributed by atoms with Crippen molar-refractivity contribution in [2.45, 2.75) is 39.0 Å². The standard InChI is InChI=1S/C20H22N2O3S/c1-5-16-9-10-17(19-11-14(3)21-25-19)12-20(16)26(23,24)22-18-8-6-7-13(2)15(18)4/h6-12,22H,5H2,1-4H3. The van der Waals surface area contributed by atoms with Gasteiger partial charge in [-0.25, -0.2) is 8.42 Å². The lowest BCUT2D eigenvalue weighted by atomic mass is 10.1. The van der Waals surface area contributed by atoms with Crippen LogP contribution in [0.2, 0.25) is 0 Å². The van der Waals surface area contributed by atoms with Crippen molar-refractivity contribution in [3.63, 3.8) is 0 Å². The zero-order valence-corrected chi connectivity index (χ0v) is 16.1. The average molecular weight is 370 g/mol. The maximum Gasteiger partial charge on any atom is 0.262 e. The Bertz CT molecular complexity index is 1050. The minimum atomic E-state index is -3.73. The third-order valence-corrected chi connectivity index (χ3v) is 5.95. The second-order valence-electron chi connectivity index (χ2n) is 6.36. The summed E-state index contributed by atoms with van der Waals surface area (Å²) in [5.41, 5.74) is 4.72. The highest BCUT2D eigenvalue weighted by Gasteiger charge is 2.21. The Kier molecular flexibility index (Phi) is 4.87. The SMILES string of the molecule is CCc1ccc(-c2cc(C)no2)cc1S(=O)(=O)Nc1cccc(C)c1C. The van der Waals surface area contributed by atoms with Crippen molar-refractivity contribution in [3.05, 3.63) is 64.8 Å². The molecule has 3 aromatic rings. The summed E-state index contributed by atoms with van der Waals surface area (Å²) in [5, 5.41) is 3.88. The Balaban J connectivity index is 2.07. The van der Waals surface area contributed by atoms with Crippen LogP contribution in [0, 0.1) is 20.8 Å². The molecule has 0 atom stereocenters. The Morgan fingerprint density at radius 3 is 2.50 bits per heavy atom. The number of rotatable bonds is 5. The zero-order chi connectivity index (χ0) is 18.9. The van der Waals surface area contributed by atoms with E-state index in [9.17, 15) is 8.42 Å². The molecule has 0 saturated heterocycles. The number of nitrogens with zero attached hydrogens (tertiary/aromatic N) is 1. The molecule has 3 rings (SSSR count). The van der Waals surface area contributed by atoms with Crippen LogP contribution >= 0.6 is 0 Å². The normalized spacial score (nSPS) is 11.5. The van der Waals surface area contributed by atoms with Crippen molar-refractivity contribution in [1.82, 2.24) is 5.16 Å². The van der Waals surface area contributed by atoms with Gasteiger partial charge in [-0.2, -0.15) is 0 Å². The maximum atomic E-state index is 13.1. The molecule has 0 spiro atoms. The topological polar surface area (TPSA) is 72.2 Å². The van der Waals surface area contributed by atoms with E-state index in [-0.39, 0.29) is 4.90 Å². The predicted octanol–water partition coefficient (Wildman–Crippen LogP) is 4.63. The van der Waals surface area contributed by atoms with Gasteiger partial charge in [0, 0.05) is 11.6 Å². The molecule has 0 radical (unpaired) electrons. The number of benzene rings is 2. The van der Waals surface area contributed by atoms with Crippen LogP contribution in [0.5, 0.6) is 0 Å². The van der Waals surface area contributed by atoms with E-state index in [1.807, 2.05) is 52.0 Å². The van der Waals surface area contributed by atoms with Gasteiger partial charge in [-0.1, -0.05) is 36.3 Å². The maximum absolute atomic E-state index is 13.1. The Morgan fingerprint density at radius 1 is 1.08 bits per heavy atom. The molecule has 0 aliphatic rings. The van der Waals surface area contributed by atoms with Crippen molar-refractivity contribution < 1.29 is 12.9 Å². The molecule has 1 heterocycles. The third-order valence-electron chi connectivity index (χ3n) is 4.50. The van der Waals surface area contributed by atoms with Crippen molar-refractivity contribution >= 4 is 15.7 Å². The van der Waals surface area contributed by atoms with Crippen molar-refractivity contribution in [1.29, 1.82) is 0 Å². The smallest absolute Gasteiger partial charge is 0.262 e. The fourth-order valence-electron chi connectivity index (χ4n) is 2.81. The highest BCUT2D eigenvalue weighted by molar-refractivity contribution is 7.92. The summed E-state index contributed by atoms with van der Waals surface area (Å²) in [5.74, 6) is 0.549. The van der Waals surface area contributed by atoms with Gasteiger partial charge in [-0.3, -0.25) is 4.72 Å². The number of aryl methyl sites for hydroxylation is 3. The molecular weight excluding hydrogens is 348 g/mol. The van der Waals surface area contributed by atoms with Gasteiger partial charge in [0.25, 0.3) is 10.0 Å². The van der Waals surface area contributed by atoms with Crippen LogP contribution in [0.1, 0.15) is 29.3 Å². The summed E-state index contributed by atoms with van der Waals surface area (Å²) in [6, 6.07) is 12.7. The Morgan fingerprint density at radius 2 is 1.85 bits per heavy atom. The van der Waals surface area contributed by atoms with Crippen LogP contribution in [0.4, 0.5) is 5.69 Å². The van der Waals surface area contributed by atoms with E-state index in [4.69, 9.17) is 4.52 Å². The molecule has 1 aromatic heterocycles. The molecule has 0 aliphatic carbocycles. The molecule has 26 heavy (non-hydrogen) atoms. The highest BCUT2D eigenvalue weighted by atomic mass is 32.2. The zero-order valence-electron chi connectivity index (χ0n) is 15.3. The second kappa shape index (κ2) is 6.96. The van der Waals surface area contributed by atoms with Crippen molar-refractivity contribution in [3.8, 4) is 11.3 Å². The first-order valence-electron chi connectivity index (χ1n) is 8.47. The minimum absolute atomic E-state index is 0.257. The molecule has 0 amide bonds. The number of hydrogen-bond donors (Lipinski definition) is 1. The summed E-state index contributed by atoms with van der Waals surface area (Å²) in [6.45, 7) is 7.62. The predicted molar refractivity (Wildman–Crippen MR) is 103 cm³/mol. The quantitative estimate of drug-likeness (QED) is 0.711. The first-order chi connectivity index (χ1) is 12.3. The van der Waals surface area contributed by atoms with E-state index < -0.39 is 10.0 Å². The molecule has 2 aromatic carbocycles. The van der Waals surface area contributed by atoms with E-state index >= 15 is 0 Å². The molecule has 5 nitrogen and oxygen atoms in total. The molecule has 0 saturated carbocycles. The van der Waals surface area contributed by atoms with Crippen molar-refractivity contribution in [2.75, 3.05) is 4.72 Å². The van der Waals surface area contributed by atoms with Gasteiger partial charge >= 0.3 is 0 Å². The van der Waals surface area contributed by atoms with Gasteiger partial charge in [0.15, 0.2) is 5.76 Å². The molecule has 0 bridgehead atoms. The van der Waals surface area contributed by atoms with Gasteiger partial charge in [0.05, 0.1) is 16.3 Å². The molecular formula is C20H22N2O3S. The van der Waals surface area contributed by atoms with E-state index in [0.29, 0.717) is 23.4 Å². The summed E-state index contributed by atoms with van der Waals surface area (Å²) in [6.07, 6.45) is 0.610. The highest BCUT2D eigenvalue weighted by Crippen LogP contribution is 2.29. The third kappa shape index (κ3) is 3.51. The average Bonchev–Trinajstić information content (AvgIpc) is 3.04. The lowest BCUT2D eigenvalue weighted by Gasteiger charge is -2.15. The van der Waals surface area contributed by atoms with Crippen LogP contribution in [0.25, 0.3) is 11.3 Å². The molecule has 1 N–H and O–H groups in total. The van der Waals surface area contributed by atoms with Gasteiger partial charge in [0.1, 0.15) is 0 Å². The van der Waals surface area contributed by atoms with Crippen LogP contribution in [0.3, 0.4) is 0 Å². The van der Waals surface area contributed by atoms with Crippen LogP contribution in [-0.4, -0.2) is 13.6 Å². The summed E-state index contributed by atoms with van der Waals surface area (Å²) in [4.78, 5) is 0.257. The fraction of sp³-hybridized carbons (Fsp3) is 0.250. The van der Waals surface area contributed by atoms with Gasteiger partial charge in [0.2, 0.25) is 0 Å². The van der Waals surface area contributed by atoms with E-state index in [2.05, 4.69) is 9.88 Å². The molecule has 0 aliphatic heterocycles. The van der Waals surface area contributed by atoms with Gasteiger partial charge in [-0.05, 0) is 56.0 Å². The molecule has 136 valence electrons. The molecule has 6 heteroatoms. The van der Waals surface area contributed by atoms with E-state index in [1.54, 1.807) is 18.2 Å². The van der Waals surface area contributed by atoms with Crippen LogP contribution in [0.15, 0.2) is 51.9 Å². The fourth-order valence-corrected chi connectivity index (χ4v) is 4.27. The number of sulfonamides is 1. The summed E-state index contributed by atoms with van der Waals surface area (Å²) < 4.78 is 34.2. The number of aromatic nitrogens is 1.